The molecule has 2 aliphatic carbocycles. The minimum atomic E-state index is -0.472. The molecule has 0 unspecified atom stereocenters. The number of hydrogen-bond acceptors (Lipinski definition) is 14. The zero-order valence-corrected chi connectivity index (χ0v) is 39.6. The minimum absolute atomic E-state index is 0.119. The van der Waals surface area contributed by atoms with Crippen LogP contribution in [0.2, 0.25) is 0 Å². The van der Waals surface area contributed by atoms with Crippen molar-refractivity contribution in [3.05, 3.63) is 56.7 Å². The first-order chi connectivity index (χ1) is 32.5. The fourth-order valence-corrected chi connectivity index (χ4v) is 8.34. The van der Waals surface area contributed by atoms with Crippen molar-refractivity contribution in [3.63, 3.8) is 0 Å². The molecule has 5 rings (SSSR count). The van der Waals surface area contributed by atoms with Gasteiger partial charge in [-0.1, -0.05) is 62.8 Å². The van der Waals surface area contributed by atoms with Gasteiger partial charge in [-0.15, -0.1) is 0 Å². The second-order valence-corrected chi connectivity index (χ2v) is 16.7. The third-order valence-corrected chi connectivity index (χ3v) is 11.9. The van der Waals surface area contributed by atoms with Gasteiger partial charge in [-0.2, -0.15) is 0 Å². The third kappa shape index (κ3) is 18.7. The lowest BCUT2D eigenvalue weighted by atomic mass is 9.89. The molecule has 0 saturated heterocycles. The Labute approximate surface area is 389 Å². The Morgan fingerprint density at radius 3 is 1.44 bits per heavy atom. The SMILES string of the molecule is CCn1c(-c2ccc(C=CC(=O)OCCOCCOCCOCCOCCOCCOCCOCCOCCOC)cc2)nc2c1c(=O)n(CC1CCCCC1)c(=O)n2CC1CCCCC1. The van der Waals surface area contributed by atoms with Crippen LogP contribution in [0.25, 0.3) is 28.6 Å². The van der Waals surface area contributed by atoms with Crippen molar-refractivity contribution in [2.75, 3.05) is 126 Å². The maximum absolute atomic E-state index is 14.2. The lowest BCUT2D eigenvalue weighted by molar-refractivity contribution is -0.139. The zero-order chi connectivity index (χ0) is 46.4. The fourth-order valence-electron chi connectivity index (χ4n) is 8.34. The van der Waals surface area contributed by atoms with Crippen LogP contribution in [0.4, 0.5) is 0 Å². The van der Waals surface area contributed by atoms with Gasteiger partial charge in [0.1, 0.15) is 12.4 Å². The molecule has 0 spiro atoms. The van der Waals surface area contributed by atoms with Crippen molar-refractivity contribution < 1.29 is 52.2 Å². The van der Waals surface area contributed by atoms with Crippen LogP contribution in [-0.2, 0) is 71.8 Å². The number of ether oxygens (including phenoxy) is 10. The first-order valence-corrected chi connectivity index (χ1v) is 24.3. The van der Waals surface area contributed by atoms with Crippen LogP contribution in [0.3, 0.4) is 0 Å². The monoisotopic (exact) mass is 929 g/mol. The first kappa shape index (κ1) is 53.2. The predicted octanol–water partition coefficient (Wildman–Crippen LogP) is 5.54. The van der Waals surface area contributed by atoms with Crippen molar-refractivity contribution >= 4 is 23.2 Å². The van der Waals surface area contributed by atoms with Crippen molar-refractivity contribution in [1.82, 2.24) is 18.7 Å². The summed E-state index contributed by atoms with van der Waals surface area (Å²) in [7, 11) is 1.64. The van der Waals surface area contributed by atoms with E-state index in [-0.39, 0.29) is 24.5 Å². The van der Waals surface area contributed by atoms with E-state index < -0.39 is 5.97 Å². The average molecular weight is 929 g/mol. The van der Waals surface area contributed by atoms with Gasteiger partial charge >= 0.3 is 11.7 Å². The second-order valence-electron chi connectivity index (χ2n) is 16.7. The molecule has 370 valence electrons. The van der Waals surface area contributed by atoms with E-state index in [9.17, 15) is 14.4 Å². The Hall–Kier alpha value is -3.78. The van der Waals surface area contributed by atoms with E-state index in [1.54, 1.807) is 17.8 Å². The van der Waals surface area contributed by atoms with Gasteiger partial charge in [-0.05, 0) is 56.1 Å². The van der Waals surface area contributed by atoms with Crippen LogP contribution >= 0.6 is 0 Å². The van der Waals surface area contributed by atoms with Gasteiger partial charge in [-0.3, -0.25) is 13.9 Å². The molecule has 0 atom stereocenters. The molecule has 66 heavy (non-hydrogen) atoms. The molecule has 0 N–H and O–H groups in total. The molecule has 17 heteroatoms. The molecule has 0 radical (unpaired) electrons. The largest absolute Gasteiger partial charge is 0.460 e. The highest BCUT2D eigenvalue weighted by molar-refractivity contribution is 5.87. The highest BCUT2D eigenvalue weighted by Gasteiger charge is 2.26. The molecule has 1 aromatic carbocycles. The van der Waals surface area contributed by atoms with Gasteiger partial charge in [0.2, 0.25) is 0 Å². The van der Waals surface area contributed by atoms with Crippen LogP contribution in [0.1, 0.15) is 76.7 Å². The van der Waals surface area contributed by atoms with E-state index in [1.807, 2.05) is 35.8 Å². The van der Waals surface area contributed by atoms with Crippen molar-refractivity contribution in [2.45, 2.75) is 90.8 Å². The maximum atomic E-state index is 14.2. The number of hydrogen-bond donors (Lipinski definition) is 0. The minimum Gasteiger partial charge on any atom is -0.460 e. The van der Waals surface area contributed by atoms with Crippen molar-refractivity contribution in [3.8, 4) is 11.4 Å². The normalized spacial score (nSPS) is 15.1. The molecule has 0 amide bonds. The lowest BCUT2D eigenvalue weighted by Gasteiger charge is -2.24. The second kappa shape index (κ2) is 32.1. The molecular formula is C49H76N4O13. The number of fused-ring (bicyclic) bond motifs is 1. The molecule has 2 aromatic heterocycles. The van der Waals surface area contributed by atoms with E-state index in [2.05, 4.69) is 0 Å². The Bertz CT molecular complexity index is 1930. The molecular weight excluding hydrogens is 853 g/mol. The maximum Gasteiger partial charge on any atom is 0.332 e. The highest BCUT2D eigenvalue weighted by Crippen LogP contribution is 2.29. The van der Waals surface area contributed by atoms with Crippen molar-refractivity contribution in [1.29, 1.82) is 0 Å². The van der Waals surface area contributed by atoms with Crippen molar-refractivity contribution in [2.24, 2.45) is 11.8 Å². The number of imidazole rings is 1. The first-order valence-electron chi connectivity index (χ1n) is 24.3. The number of rotatable bonds is 35. The number of benzene rings is 1. The van der Waals surface area contributed by atoms with Gasteiger partial charge in [0.25, 0.3) is 5.56 Å². The van der Waals surface area contributed by atoms with Gasteiger partial charge in [0.15, 0.2) is 11.2 Å². The van der Waals surface area contributed by atoms with Gasteiger partial charge < -0.3 is 51.9 Å². The summed E-state index contributed by atoms with van der Waals surface area (Å²) in [6, 6.07) is 7.67. The molecule has 2 saturated carbocycles. The smallest absolute Gasteiger partial charge is 0.332 e. The fraction of sp³-hybridized carbons (Fsp3) is 0.714. The molecule has 0 bridgehead atoms. The number of carbonyl (C=O) groups is 1. The van der Waals surface area contributed by atoms with E-state index in [0.717, 1.165) is 49.7 Å². The van der Waals surface area contributed by atoms with E-state index in [1.165, 1.54) is 36.3 Å². The number of esters is 1. The van der Waals surface area contributed by atoms with Crippen LogP contribution in [0.5, 0.6) is 0 Å². The third-order valence-electron chi connectivity index (χ3n) is 11.9. The Balaban J connectivity index is 0.923. The number of nitrogens with zero attached hydrogens (tertiary/aromatic N) is 4. The lowest BCUT2D eigenvalue weighted by Crippen LogP contribution is -2.43. The average Bonchev–Trinajstić information content (AvgIpc) is 3.74. The summed E-state index contributed by atoms with van der Waals surface area (Å²) in [6.07, 6.45) is 14.4. The number of aromatic nitrogens is 4. The molecule has 2 fully saturated rings. The van der Waals surface area contributed by atoms with E-state index >= 15 is 0 Å². The Kier molecular flexibility index (Phi) is 25.8. The summed E-state index contributed by atoms with van der Waals surface area (Å²) >= 11 is 0. The van der Waals surface area contributed by atoms with Gasteiger partial charge in [0.05, 0.1) is 112 Å². The molecule has 0 aliphatic heterocycles. The Morgan fingerprint density at radius 2 is 1.00 bits per heavy atom. The summed E-state index contributed by atoms with van der Waals surface area (Å²) in [4.78, 5) is 45.7. The number of carbonyl (C=O) groups excluding carboxylic acids is 1. The zero-order valence-electron chi connectivity index (χ0n) is 39.6. The van der Waals surface area contributed by atoms with Crippen LogP contribution in [0.15, 0.2) is 39.9 Å². The quantitative estimate of drug-likeness (QED) is 0.0409. The van der Waals surface area contributed by atoms with Crippen LogP contribution < -0.4 is 11.2 Å². The van der Waals surface area contributed by atoms with E-state index in [4.69, 9.17) is 52.4 Å². The number of aryl methyl sites for hydroxylation is 1. The molecule has 17 nitrogen and oxygen atoms in total. The summed E-state index contributed by atoms with van der Waals surface area (Å²) in [5.74, 6) is 0.913. The molecule has 2 heterocycles. The molecule has 3 aromatic rings. The van der Waals surface area contributed by atoms with E-state index in [0.29, 0.717) is 154 Å². The number of methoxy groups -OCH3 is 1. The van der Waals surface area contributed by atoms with Crippen LogP contribution in [0, 0.1) is 11.8 Å². The standard InChI is InChI=1S/C49H76N4O13/c1-3-51-45-47(52(38-41-10-6-4-7-11-41)49(56)53(48(45)55)39-42-12-8-5-9-13-42)50-46(51)43-17-14-40(15-18-43)16-19-44(54)66-37-36-65-35-34-64-33-32-63-31-30-62-29-28-61-27-26-60-25-24-59-23-22-58-21-20-57-2/h14-19,41-42H,3-13,20-39H2,1-2H3. The Morgan fingerprint density at radius 1 is 0.576 bits per heavy atom. The summed E-state index contributed by atoms with van der Waals surface area (Å²) < 4.78 is 59.2. The van der Waals surface area contributed by atoms with Gasteiger partial charge in [0, 0.05) is 38.4 Å². The van der Waals surface area contributed by atoms with Gasteiger partial charge in [-0.25, -0.2) is 14.6 Å². The summed E-state index contributed by atoms with van der Waals surface area (Å²) in [6.45, 7) is 11.7. The topological polar surface area (TPSA) is 171 Å². The van der Waals surface area contributed by atoms with Crippen LogP contribution in [-0.4, -0.2) is 151 Å². The predicted molar refractivity (Wildman–Crippen MR) is 251 cm³/mol. The molecule has 2 aliphatic rings. The summed E-state index contributed by atoms with van der Waals surface area (Å²) in [5, 5.41) is 0. The highest BCUT2D eigenvalue weighted by atomic mass is 16.6. The summed E-state index contributed by atoms with van der Waals surface area (Å²) in [5.41, 5.74) is 2.14.